The molecule has 1 atom stereocenters. The Morgan fingerprint density at radius 2 is 2.17 bits per heavy atom. The normalized spacial score (nSPS) is 24.6. The first kappa shape index (κ1) is 15.8. The summed E-state index contributed by atoms with van der Waals surface area (Å²) in [5.74, 6) is -6.56. The number of nitrogens with one attached hydrogen (secondary N) is 2. The fourth-order valence-corrected chi connectivity index (χ4v) is 3.00. The van der Waals surface area contributed by atoms with Crippen LogP contribution in [0, 0.1) is 0 Å². The smallest absolute Gasteiger partial charge is 0.353 e. The SMILES string of the molecule is NC(=O)C(F)(F)C1(O)CCN(C(=O)c2n[nH]c3c2CNCC3)C1. The fourth-order valence-electron chi connectivity index (χ4n) is 3.00. The molecular formula is C13H17F2N5O3. The van der Waals surface area contributed by atoms with Gasteiger partial charge in [-0.2, -0.15) is 13.9 Å². The average molecular weight is 329 g/mol. The van der Waals surface area contributed by atoms with E-state index in [4.69, 9.17) is 0 Å². The number of carbonyl (C=O) groups is 2. The van der Waals surface area contributed by atoms with Gasteiger partial charge in [0, 0.05) is 43.7 Å². The Bertz CT molecular complexity index is 662. The van der Waals surface area contributed by atoms with Gasteiger partial charge in [0.15, 0.2) is 11.3 Å². The summed E-state index contributed by atoms with van der Waals surface area (Å²) in [5, 5.41) is 19.9. The highest BCUT2D eigenvalue weighted by atomic mass is 19.3. The Balaban J connectivity index is 1.81. The lowest BCUT2D eigenvalue weighted by molar-refractivity contribution is -0.185. The van der Waals surface area contributed by atoms with Crippen molar-refractivity contribution in [1.29, 1.82) is 0 Å². The Hall–Kier alpha value is -2.07. The molecule has 1 aromatic heterocycles. The summed E-state index contributed by atoms with van der Waals surface area (Å²) in [5.41, 5.74) is 3.71. The lowest BCUT2D eigenvalue weighted by Gasteiger charge is -2.29. The van der Waals surface area contributed by atoms with Crippen molar-refractivity contribution in [2.24, 2.45) is 5.73 Å². The van der Waals surface area contributed by atoms with Crippen molar-refractivity contribution in [2.45, 2.75) is 30.9 Å². The van der Waals surface area contributed by atoms with Crippen LogP contribution in [0.25, 0.3) is 0 Å². The number of aromatic nitrogens is 2. The van der Waals surface area contributed by atoms with Gasteiger partial charge in [-0.1, -0.05) is 0 Å². The van der Waals surface area contributed by atoms with Crippen molar-refractivity contribution in [3.63, 3.8) is 0 Å². The van der Waals surface area contributed by atoms with Crippen LogP contribution in [0.1, 0.15) is 28.2 Å². The summed E-state index contributed by atoms with van der Waals surface area (Å²) in [7, 11) is 0. The zero-order chi connectivity index (χ0) is 16.8. The Morgan fingerprint density at radius 1 is 1.43 bits per heavy atom. The summed E-state index contributed by atoms with van der Waals surface area (Å²) in [4.78, 5) is 24.5. The number of likely N-dealkylation sites (tertiary alicyclic amines) is 1. The van der Waals surface area contributed by atoms with E-state index in [0.29, 0.717) is 18.5 Å². The van der Waals surface area contributed by atoms with Crippen LogP contribution in [-0.2, 0) is 17.8 Å². The third-order valence-corrected chi connectivity index (χ3v) is 4.44. The van der Waals surface area contributed by atoms with E-state index in [9.17, 15) is 23.5 Å². The van der Waals surface area contributed by atoms with Crippen molar-refractivity contribution in [3.8, 4) is 0 Å². The molecule has 0 aliphatic carbocycles. The first-order valence-electron chi connectivity index (χ1n) is 7.22. The number of primary amides is 1. The average Bonchev–Trinajstić information content (AvgIpc) is 3.11. The monoisotopic (exact) mass is 329 g/mol. The molecule has 1 saturated heterocycles. The summed E-state index contributed by atoms with van der Waals surface area (Å²) in [6.07, 6.45) is 0.263. The van der Waals surface area contributed by atoms with Crippen molar-refractivity contribution in [2.75, 3.05) is 19.6 Å². The van der Waals surface area contributed by atoms with Gasteiger partial charge in [0.25, 0.3) is 11.8 Å². The topological polar surface area (TPSA) is 124 Å². The van der Waals surface area contributed by atoms with Crippen molar-refractivity contribution < 1.29 is 23.5 Å². The number of hydrogen-bond donors (Lipinski definition) is 4. The van der Waals surface area contributed by atoms with Crippen LogP contribution in [0.2, 0.25) is 0 Å². The molecule has 0 spiro atoms. The van der Waals surface area contributed by atoms with E-state index in [2.05, 4.69) is 21.2 Å². The molecule has 0 bridgehead atoms. The van der Waals surface area contributed by atoms with Crippen molar-refractivity contribution >= 4 is 11.8 Å². The second-order valence-corrected chi connectivity index (χ2v) is 5.90. The first-order chi connectivity index (χ1) is 10.8. The van der Waals surface area contributed by atoms with E-state index < -0.39 is 36.3 Å². The van der Waals surface area contributed by atoms with Gasteiger partial charge in [-0.3, -0.25) is 14.7 Å². The van der Waals surface area contributed by atoms with Gasteiger partial charge in [0.1, 0.15) is 0 Å². The molecule has 3 heterocycles. The quantitative estimate of drug-likeness (QED) is 0.552. The summed E-state index contributed by atoms with van der Waals surface area (Å²) < 4.78 is 27.6. The zero-order valence-corrected chi connectivity index (χ0v) is 12.2. The third-order valence-electron chi connectivity index (χ3n) is 4.44. The largest absolute Gasteiger partial charge is 0.381 e. The second-order valence-electron chi connectivity index (χ2n) is 5.90. The molecule has 126 valence electrons. The Labute approximate surface area is 130 Å². The number of nitrogens with two attached hydrogens (primary N) is 1. The van der Waals surface area contributed by atoms with Crippen molar-refractivity contribution in [1.82, 2.24) is 20.4 Å². The number of fused-ring (bicyclic) bond motifs is 1. The standard InChI is InChI=1S/C13H17F2N5O3/c14-13(15,11(16)22)12(23)2-4-20(6-12)10(21)9-7-5-17-3-1-8(7)18-19-9/h17,23H,1-6H2,(H2,16,22)(H,18,19). The van der Waals surface area contributed by atoms with E-state index in [0.717, 1.165) is 17.1 Å². The van der Waals surface area contributed by atoms with Gasteiger partial charge >= 0.3 is 5.92 Å². The molecule has 10 heteroatoms. The number of aromatic amines is 1. The number of aliphatic hydroxyl groups is 1. The highest BCUT2D eigenvalue weighted by Crippen LogP contribution is 2.37. The number of H-pyrrole nitrogens is 1. The molecule has 0 radical (unpaired) electrons. The van der Waals surface area contributed by atoms with Crippen LogP contribution in [0.15, 0.2) is 0 Å². The zero-order valence-electron chi connectivity index (χ0n) is 12.2. The molecule has 0 saturated carbocycles. The van der Waals surface area contributed by atoms with Gasteiger partial charge in [0.2, 0.25) is 0 Å². The predicted molar refractivity (Wildman–Crippen MR) is 73.6 cm³/mol. The molecule has 2 aliphatic heterocycles. The molecule has 8 nitrogen and oxygen atoms in total. The summed E-state index contributed by atoms with van der Waals surface area (Å²) in [6.45, 7) is 0.448. The minimum absolute atomic E-state index is 0.104. The minimum atomic E-state index is -4.10. The van der Waals surface area contributed by atoms with E-state index in [1.807, 2.05) is 0 Å². The van der Waals surface area contributed by atoms with Crippen LogP contribution < -0.4 is 11.1 Å². The molecule has 3 rings (SSSR count). The van der Waals surface area contributed by atoms with E-state index in [1.54, 1.807) is 0 Å². The van der Waals surface area contributed by atoms with Crippen LogP contribution in [0.5, 0.6) is 0 Å². The molecule has 5 N–H and O–H groups in total. The van der Waals surface area contributed by atoms with Crippen molar-refractivity contribution in [3.05, 3.63) is 17.0 Å². The third kappa shape index (κ3) is 2.38. The van der Waals surface area contributed by atoms with E-state index in [1.165, 1.54) is 0 Å². The molecular weight excluding hydrogens is 312 g/mol. The van der Waals surface area contributed by atoms with E-state index in [-0.39, 0.29) is 12.2 Å². The van der Waals surface area contributed by atoms with Gasteiger partial charge in [-0.25, -0.2) is 0 Å². The van der Waals surface area contributed by atoms with Gasteiger partial charge in [-0.15, -0.1) is 0 Å². The van der Waals surface area contributed by atoms with Crippen LogP contribution in [0.4, 0.5) is 8.78 Å². The van der Waals surface area contributed by atoms with E-state index >= 15 is 0 Å². The van der Waals surface area contributed by atoms with Crippen LogP contribution in [0.3, 0.4) is 0 Å². The molecule has 1 aromatic rings. The predicted octanol–water partition coefficient (Wildman–Crippen LogP) is -1.25. The molecule has 1 unspecified atom stereocenters. The van der Waals surface area contributed by atoms with Crippen LogP contribution >= 0.6 is 0 Å². The Kier molecular flexibility index (Phi) is 3.60. The molecule has 1 fully saturated rings. The van der Waals surface area contributed by atoms with Gasteiger partial charge in [-0.05, 0) is 0 Å². The van der Waals surface area contributed by atoms with Crippen LogP contribution in [-0.4, -0.2) is 63.2 Å². The fraction of sp³-hybridized carbons (Fsp3) is 0.615. The first-order valence-corrected chi connectivity index (χ1v) is 7.22. The Morgan fingerprint density at radius 3 is 2.87 bits per heavy atom. The van der Waals surface area contributed by atoms with Gasteiger partial charge < -0.3 is 21.1 Å². The maximum absolute atomic E-state index is 13.8. The van der Waals surface area contributed by atoms with Gasteiger partial charge in [0.05, 0.1) is 6.54 Å². The number of amides is 2. The molecule has 2 aliphatic rings. The highest BCUT2D eigenvalue weighted by molar-refractivity contribution is 5.94. The lowest BCUT2D eigenvalue weighted by Crippen LogP contribution is -2.57. The maximum atomic E-state index is 13.8. The molecule has 0 aromatic carbocycles. The molecule has 23 heavy (non-hydrogen) atoms. The number of halogens is 2. The number of alkyl halides is 2. The number of rotatable bonds is 3. The number of nitrogens with zero attached hydrogens (tertiary/aromatic N) is 2. The maximum Gasteiger partial charge on any atom is 0.353 e. The number of carbonyl (C=O) groups excluding carboxylic acids is 2. The number of hydrogen-bond acceptors (Lipinski definition) is 5. The second kappa shape index (κ2) is 5.24. The number of β-amino-alcohol motifs (C(OH)–C–C–N with tert-alkyl or cyclic N) is 1. The summed E-state index contributed by atoms with van der Waals surface area (Å²) in [6, 6.07) is 0. The highest BCUT2D eigenvalue weighted by Gasteiger charge is 2.60. The molecule has 2 amide bonds. The summed E-state index contributed by atoms with van der Waals surface area (Å²) >= 11 is 0. The lowest BCUT2D eigenvalue weighted by atomic mass is 9.94. The minimum Gasteiger partial charge on any atom is -0.381 e.